The first kappa shape index (κ1) is 39.4. The quantitative estimate of drug-likeness (QED) is 0.0371. The lowest BCUT2D eigenvalue weighted by molar-refractivity contribution is -0.157. The molecule has 0 fully saturated rings. The second-order valence-corrected chi connectivity index (χ2v) is 13.8. The number of hydrogen-bond donors (Lipinski definition) is 1. The molecule has 238 valence electrons. The number of aliphatic carboxylic acids is 1. The average molecular weight is 632 g/mol. The number of unbranched alkanes of at least 4 members (excludes halogenated alkanes) is 16. The number of carboxylic acids is 1. The van der Waals surface area contributed by atoms with E-state index in [1.54, 1.807) is 0 Å². The van der Waals surface area contributed by atoms with Gasteiger partial charge in [0.15, 0.2) is 0 Å². The van der Waals surface area contributed by atoms with Crippen molar-refractivity contribution in [3.63, 3.8) is 0 Å². The van der Waals surface area contributed by atoms with Gasteiger partial charge in [-0.1, -0.05) is 185 Å². The SMILES string of the molecule is CCCCCCCCC(CCCCCC)COC(=O)C(Br)(CC(CCCCCC)CCCCCCCC)C(=O)O. The fraction of sp³-hybridized carbons (Fsp3) is 0.943. The third kappa shape index (κ3) is 20.3. The number of alkyl halides is 1. The highest BCUT2D eigenvalue weighted by molar-refractivity contribution is 9.10. The van der Waals surface area contributed by atoms with Gasteiger partial charge in [0.1, 0.15) is 0 Å². The standard InChI is InChI=1S/C35H67BrO4/c1-5-9-13-17-19-23-26-31(25-21-15-11-7-3)29-35(36,33(37)38)34(39)40-30-32(27-22-16-12-8-4)28-24-20-18-14-10-6-2/h31-32H,5-30H2,1-4H3,(H,37,38). The molecule has 0 aromatic carbocycles. The minimum Gasteiger partial charge on any atom is -0.480 e. The van der Waals surface area contributed by atoms with Crippen LogP contribution in [-0.4, -0.2) is 28.0 Å². The predicted molar refractivity (Wildman–Crippen MR) is 175 cm³/mol. The van der Waals surface area contributed by atoms with E-state index in [0.717, 1.165) is 51.4 Å². The fourth-order valence-corrected chi connectivity index (χ4v) is 6.34. The van der Waals surface area contributed by atoms with Crippen LogP contribution in [0.15, 0.2) is 0 Å². The summed E-state index contributed by atoms with van der Waals surface area (Å²) in [6, 6.07) is 0. The molecule has 0 bridgehead atoms. The number of halogens is 1. The van der Waals surface area contributed by atoms with Crippen molar-refractivity contribution in [3.05, 3.63) is 0 Å². The molecule has 4 nitrogen and oxygen atoms in total. The molecule has 0 aromatic heterocycles. The molecule has 0 aromatic rings. The van der Waals surface area contributed by atoms with Crippen LogP contribution >= 0.6 is 15.9 Å². The monoisotopic (exact) mass is 630 g/mol. The van der Waals surface area contributed by atoms with Gasteiger partial charge in [-0.15, -0.1) is 0 Å². The normalized spacial score (nSPS) is 14.5. The molecule has 3 atom stereocenters. The van der Waals surface area contributed by atoms with Gasteiger partial charge in [0, 0.05) is 0 Å². The number of carbonyl (C=O) groups is 2. The number of ether oxygens (including phenoxy) is 1. The molecule has 0 aliphatic rings. The van der Waals surface area contributed by atoms with E-state index in [1.165, 1.54) is 103 Å². The topological polar surface area (TPSA) is 63.6 Å². The molecule has 0 radical (unpaired) electrons. The first-order chi connectivity index (χ1) is 19.3. The van der Waals surface area contributed by atoms with Crippen LogP contribution in [0.5, 0.6) is 0 Å². The molecule has 0 saturated heterocycles. The van der Waals surface area contributed by atoms with Crippen molar-refractivity contribution in [3.8, 4) is 0 Å². The van der Waals surface area contributed by atoms with E-state index in [9.17, 15) is 14.7 Å². The van der Waals surface area contributed by atoms with Crippen LogP contribution < -0.4 is 0 Å². The Kier molecular flexibility index (Phi) is 26.9. The number of rotatable bonds is 30. The lowest BCUT2D eigenvalue weighted by atomic mass is 9.86. The van der Waals surface area contributed by atoms with E-state index in [-0.39, 0.29) is 5.92 Å². The zero-order valence-corrected chi connectivity index (χ0v) is 28.7. The van der Waals surface area contributed by atoms with Crippen LogP contribution in [0.1, 0.15) is 188 Å². The van der Waals surface area contributed by atoms with Crippen molar-refractivity contribution >= 4 is 27.9 Å². The summed E-state index contributed by atoms with van der Waals surface area (Å²) in [4.78, 5) is 25.8. The lowest BCUT2D eigenvalue weighted by Crippen LogP contribution is -2.44. The zero-order valence-electron chi connectivity index (χ0n) is 27.1. The van der Waals surface area contributed by atoms with Crippen LogP contribution in [0, 0.1) is 11.8 Å². The highest BCUT2D eigenvalue weighted by Gasteiger charge is 2.47. The summed E-state index contributed by atoms with van der Waals surface area (Å²) in [6.45, 7) is 9.25. The maximum absolute atomic E-state index is 13.3. The molecule has 1 N–H and O–H groups in total. The average Bonchev–Trinajstić information content (AvgIpc) is 2.94. The zero-order chi connectivity index (χ0) is 29.9. The number of carbonyl (C=O) groups excluding carboxylic acids is 1. The van der Waals surface area contributed by atoms with E-state index in [0.29, 0.717) is 18.9 Å². The molecule has 40 heavy (non-hydrogen) atoms. The molecule has 5 heteroatoms. The van der Waals surface area contributed by atoms with Gasteiger partial charge in [-0.05, 0) is 31.1 Å². The predicted octanol–water partition coefficient (Wildman–Crippen LogP) is 11.8. The number of carboxylic acid groups (broad SMARTS) is 1. The second-order valence-electron chi connectivity index (χ2n) is 12.5. The van der Waals surface area contributed by atoms with Crippen molar-refractivity contribution in [1.82, 2.24) is 0 Å². The van der Waals surface area contributed by atoms with Crippen molar-refractivity contribution in [2.75, 3.05) is 6.61 Å². The molecule has 0 aliphatic heterocycles. The third-order valence-corrected chi connectivity index (χ3v) is 9.53. The minimum absolute atomic E-state index is 0.221. The van der Waals surface area contributed by atoms with Crippen LogP contribution in [-0.2, 0) is 14.3 Å². The van der Waals surface area contributed by atoms with Crippen LogP contribution in [0.4, 0.5) is 0 Å². The summed E-state index contributed by atoms with van der Waals surface area (Å²) in [6.07, 6.45) is 28.8. The Morgan fingerprint density at radius 1 is 0.575 bits per heavy atom. The maximum Gasteiger partial charge on any atom is 0.334 e. The smallest absolute Gasteiger partial charge is 0.334 e. The Bertz CT molecular complexity index is 596. The van der Waals surface area contributed by atoms with Crippen molar-refractivity contribution in [1.29, 1.82) is 0 Å². The first-order valence-corrected chi connectivity index (χ1v) is 18.2. The van der Waals surface area contributed by atoms with Gasteiger partial charge >= 0.3 is 11.9 Å². The summed E-state index contributed by atoms with van der Waals surface area (Å²) >= 11 is 3.42. The van der Waals surface area contributed by atoms with E-state index in [2.05, 4.69) is 43.6 Å². The third-order valence-electron chi connectivity index (χ3n) is 8.55. The number of hydrogen-bond acceptors (Lipinski definition) is 3. The Labute approximate surface area is 257 Å². The minimum atomic E-state index is -1.64. The fourth-order valence-electron chi connectivity index (χ4n) is 5.77. The summed E-state index contributed by atoms with van der Waals surface area (Å²) in [5.74, 6) is -1.15. The van der Waals surface area contributed by atoms with Gasteiger partial charge in [-0.2, -0.15) is 0 Å². The highest BCUT2D eigenvalue weighted by atomic mass is 79.9. The van der Waals surface area contributed by atoms with Crippen LogP contribution in [0.25, 0.3) is 0 Å². The molecule has 0 spiro atoms. The Morgan fingerprint density at radius 2 is 0.900 bits per heavy atom. The molecule has 0 rings (SSSR count). The molecular weight excluding hydrogens is 564 g/mol. The van der Waals surface area contributed by atoms with Gasteiger partial charge in [-0.25, -0.2) is 4.79 Å². The Balaban J connectivity index is 5.12. The largest absolute Gasteiger partial charge is 0.480 e. The van der Waals surface area contributed by atoms with Gasteiger partial charge in [0.25, 0.3) is 0 Å². The summed E-state index contributed by atoms with van der Waals surface area (Å²) in [5, 5.41) is 10.2. The second kappa shape index (κ2) is 27.3. The molecule has 0 heterocycles. The van der Waals surface area contributed by atoms with Crippen LogP contribution in [0.2, 0.25) is 0 Å². The molecule has 0 aliphatic carbocycles. The van der Waals surface area contributed by atoms with Crippen molar-refractivity contribution < 1.29 is 19.4 Å². The lowest BCUT2D eigenvalue weighted by Gasteiger charge is -2.27. The van der Waals surface area contributed by atoms with Crippen molar-refractivity contribution in [2.45, 2.75) is 193 Å². The van der Waals surface area contributed by atoms with E-state index < -0.39 is 16.3 Å². The maximum atomic E-state index is 13.3. The van der Waals surface area contributed by atoms with E-state index in [1.807, 2.05) is 0 Å². The Hall–Kier alpha value is -0.580. The number of esters is 1. The molecule has 3 unspecified atom stereocenters. The molecular formula is C35H67BrO4. The van der Waals surface area contributed by atoms with Crippen molar-refractivity contribution in [2.24, 2.45) is 11.8 Å². The Morgan fingerprint density at radius 3 is 1.27 bits per heavy atom. The highest BCUT2D eigenvalue weighted by Crippen LogP contribution is 2.35. The van der Waals surface area contributed by atoms with Gasteiger partial charge < -0.3 is 9.84 Å². The van der Waals surface area contributed by atoms with Gasteiger partial charge in [0.2, 0.25) is 4.32 Å². The molecule has 0 saturated carbocycles. The summed E-state index contributed by atoms with van der Waals surface area (Å²) < 4.78 is 4.19. The summed E-state index contributed by atoms with van der Waals surface area (Å²) in [5.41, 5.74) is 0. The van der Waals surface area contributed by atoms with Crippen LogP contribution in [0.3, 0.4) is 0 Å². The summed E-state index contributed by atoms with van der Waals surface area (Å²) in [7, 11) is 0. The molecule has 0 amide bonds. The van der Waals surface area contributed by atoms with Gasteiger partial charge in [-0.3, -0.25) is 4.79 Å². The first-order valence-electron chi connectivity index (χ1n) is 17.4. The van der Waals surface area contributed by atoms with Gasteiger partial charge in [0.05, 0.1) is 6.61 Å². The van der Waals surface area contributed by atoms with E-state index in [4.69, 9.17) is 4.74 Å². The van der Waals surface area contributed by atoms with E-state index >= 15 is 0 Å².